The van der Waals surface area contributed by atoms with Crippen molar-refractivity contribution in [2.24, 2.45) is 5.84 Å². The molecule has 0 bridgehead atoms. The maximum Gasteiger partial charge on any atom is 0.0705 e. The molecule has 3 N–H and O–H groups in total. The molecule has 2 aromatic rings. The van der Waals surface area contributed by atoms with Crippen LogP contribution in [0.4, 0.5) is 0 Å². The quantitative estimate of drug-likeness (QED) is 0.405. The van der Waals surface area contributed by atoms with Gasteiger partial charge in [-0.15, -0.1) is 0 Å². The minimum atomic E-state index is 0.212. The Bertz CT molecular complexity index is 533. The summed E-state index contributed by atoms with van der Waals surface area (Å²) < 4.78 is 0. The molecule has 114 valence electrons. The van der Waals surface area contributed by atoms with Crippen molar-refractivity contribution in [3.63, 3.8) is 0 Å². The van der Waals surface area contributed by atoms with Crippen LogP contribution in [0.3, 0.4) is 0 Å². The zero-order valence-corrected chi connectivity index (χ0v) is 13.0. The van der Waals surface area contributed by atoms with Gasteiger partial charge in [-0.05, 0) is 24.1 Å². The summed E-state index contributed by atoms with van der Waals surface area (Å²) in [4.78, 5) is 4.42. The topological polar surface area (TPSA) is 50.9 Å². The normalized spacial score (nSPS) is 12.7. The number of benzene rings is 1. The highest BCUT2D eigenvalue weighted by molar-refractivity contribution is 5.82. The van der Waals surface area contributed by atoms with E-state index in [1.165, 1.54) is 49.5 Å². The van der Waals surface area contributed by atoms with Crippen molar-refractivity contribution in [2.75, 3.05) is 0 Å². The van der Waals surface area contributed by atoms with Crippen molar-refractivity contribution in [3.8, 4) is 0 Å². The van der Waals surface area contributed by atoms with Crippen LogP contribution in [-0.4, -0.2) is 4.98 Å². The summed E-state index contributed by atoms with van der Waals surface area (Å²) in [5, 5.41) is 1.20. The fourth-order valence-electron chi connectivity index (χ4n) is 2.88. The van der Waals surface area contributed by atoms with Gasteiger partial charge in [-0.25, -0.2) is 0 Å². The van der Waals surface area contributed by atoms with Gasteiger partial charge in [0.05, 0.1) is 5.52 Å². The number of aromatic nitrogens is 1. The van der Waals surface area contributed by atoms with Gasteiger partial charge in [0.1, 0.15) is 0 Å². The Morgan fingerprint density at radius 3 is 2.62 bits per heavy atom. The maximum atomic E-state index is 5.79. The molecule has 0 aliphatic heterocycles. The summed E-state index contributed by atoms with van der Waals surface area (Å²) >= 11 is 0. The summed E-state index contributed by atoms with van der Waals surface area (Å²) in [6.07, 6.45) is 10.8. The van der Waals surface area contributed by atoms with Crippen molar-refractivity contribution >= 4 is 10.9 Å². The van der Waals surface area contributed by atoms with E-state index in [4.69, 9.17) is 5.84 Å². The molecule has 1 heterocycles. The molecule has 1 aromatic carbocycles. The Morgan fingerprint density at radius 1 is 1.05 bits per heavy atom. The zero-order valence-electron chi connectivity index (χ0n) is 13.0. The first-order valence-corrected chi connectivity index (χ1v) is 8.16. The van der Waals surface area contributed by atoms with Crippen molar-refractivity contribution in [3.05, 3.63) is 42.1 Å². The highest BCUT2D eigenvalue weighted by Gasteiger charge is 2.12. The maximum absolute atomic E-state index is 5.79. The summed E-state index contributed by atoms with van der Waals surface area (Å²) in [5.74, 6) is 5.79. The average Bonchev–Trinajstić information content (AvgIpc) is 2.54. The molecule has 0 aliphatic carbocycles. The molecule has 0 spiro atoms. The fraction of sp³-hybridized carbons (Fsp3) is 0.500. The molecule has 0 saturated heterocycles. The average molecular weight is 285 g/mol. The molecule has 0 aliphatic rings. The lowest BCUT2D eigenvalue weighted by Gasteiger charge is -2.18. The van der Waals surface area contributed by atoms with E-state index >= 15 is 0 Å². The van der Waals surface area contributed by atoms with E-state index < -0.39 is 0 Å². The van der Waals surface area contributed by atoms with Crippen LogP contribution in [0.1, 0.15) is 63.5 Å². The lowest BCUT2D eigenvalue weighted by atomic mass is 9.97. The number of unbranched alkanes of at least 4 members (excludes halogenated alkanes) is 5. The van der Waals surface area contributed by atoms with Crippen molar-refractivity contribution in [1.29, 1.82) is 0 Å². The molecule has 1 atom stereocenters. The van der Waals surface area contributed by atoms with Crippen LogP contribution in [0.15, 0.2) is 36.5 Å². The van der Waals surface area contributed by atoms with Crippen LogP contribution in [0, 0.1) is 0 Å². The molecule has 0 amide bonds. The van der Waals surface area contributed by atoms with E-state index in [9.17, 15) is 0 Å². The van der Waals surface area contributed by atoms with Gasteiger partial charge in [-0.2, -0.15) is 0 Å². The van der Waals surface area contributed by atoms with Gasteiger partial charge in [0.2, 0.25) is 0 Å². The third kappa shape index (κ3) is 4.51. The first kappa shape index (κ1) is 15.9. The fourth-order valence-corrected chi connectivity index (χ4v) is 2.88. The first-order chi connectivity index (χ1) is 10.4. The number of nitrogens with two attached hydrogens (primary N) is 1. The Morgan fingerprint density at radius 2 is 1.81 bits per heavy atom. The molecule has 2 rings (SSSR count). The molecule has 0 fully saturated rings. The van der Waals surface area contributed by atoms with Crippen molar-refractivity contribution in [2.45, 2.75) is 57.9 Å². The predicted molar refractivity (Wildman–Crippen MR) is 89.8 cm³/mol. The lowest BCUT2D eigenvalue weighted by molar-refractivity contribution is 0.479. The van der Waals surface area contributed by atoms with Gasteiger partial charge in [0.25, 0.3) is 0 Å². The molecule has 1 unspecified atom stereocenters. The molecular weight excluding hydrogens is 258 g/mol. The highest BCUT2D eigenvalue weighted by atomic mass is 15.2. The Labute approximate surface area is 127 Å². The molecular formula is C18H27N3. The second kappa shape index (κ2) is 8.75. The van der Waals surface area contributed by atoms with Gasteiger partial charge in [0, 0.05) is 17.6 Å². The summed E-state index contributed by atoms with van der Waals surface area (Å²) in [5.41, 5.74) is 5.29. The SMILES string of the molecule is CCCCCCCCC(NN)c1ccnc2ccccc12. The van der Waals surface area contributed by atoms with E-state index in [-0.39, 0.29) is 6.04 Å². The second-order valence-electron chi connectivity index (χ2n) is 5.69. The number of nitrogens with one attached hydrogen (secondary N) is 1. The van der Waals surface area contributed by atoms with Gasteiger partial charge in [-0.1, -0.05) is 63.6 Å². The van der Waals surface area contributed by atoms with E-state index in [2.05, 4.69) is 41.6 Å². The van der Waals surface area contributed by atoms with Gasteiger partial charge >= 0.3 is 0 Å². The molecule has 21 heavy (non-hydrogen) atoms. The third-order valence-electron chi connectivity index (χ3n) is 4.11. The Kier molecular flexibility index (Phi) is 6.64. The highest BCUT2D eigenvalue weighted by Crippen LogP contribution is 2.26. The number of rotatable bonds is 9. The minimum absolute atomic E-state index is 0.212. The monoisotopic (exact) mass is 285 g/mol. The number of hydrazine groups is 1. The molecule has 0 radical (unpaired) electrons. The molecule has 3 nitrogen and oxygen atoms in total. The number of hydrogen-bond donors (Lipinski definition) is 2. The minimum Gasteiger partial charge on any atom is -0.271 e. The van der Waals surface area contributed by atoms with E-state index in [0.717, 1.165) is 11.9 Å². The van der Waals surface area contributed by atoms with Crippen LogP contribution in [0.2, 0.25) is 0 Å². The molecule has 3 heteroatoms. The number of pyridine rings is 1. The Balaban J connectivity index is 1.96. The standard InChI is InChI=1S/C18H27N3/c1-2-3-4-5-6-7-12-18(21-19)16-13-14-20-17-11-9-8-10-15(16)17/h8-11,13-14,18,21H,2-7,12,19H2,1H3. The van der Waals surface area contributed by atoms with Crippen LogP contribution in [0.25, 0.3) is 10.9 Å². The van der Waals surface area contributed by atoms with E-state index in [1.54, 1.807) is 0 Å². The first-order valence-electron chi connectivity index (χ1n) is 8.16. The second-order valence-corrected chi connectivity index (χ2v) is 5.69. The van der Waals surface area contributed by atoms with Gasteiger partial charge in [0.15, 0.2) is 0 Å². The van der Waals surface area contributed by atoms with E-state index in [1.807, 2.05) is 12.3 Å². The van der Waals surface area contributed by atoms with Crippen molar-refractivity contribution in [1.82, 2.24) is 10.4 Å². The predicted octanol–water partition coefficient (Wildman–Crippen LogP) is 4.49. The Hall–Kier alpha value is -1.45. The number of nitrogens with zero attached hydrogens (tertiary/aromatic N) is 1. The number of hydrogen-bond acceptors (Lipinski definition) is 3. The van der Waals surface area contributed by atoms with Gasteiger partial charge in [-0.3, -0.25) is 16.3 Å². The smallest absolute Gasteiger partial charge is 0.0705 e. The largest absolute Gasteiger partial charge is 0.271 e. The lowest BCUT2D eigenvalue weighted by Crippen LogP contribution is -2.28. The van der Waals surface area contributed by atoms with Crippen LogP contribution < -0.4 is 11.3 Å². The van der Waals surface area contributed by atoms with Crippen LogP contribution >= 0.6 is 0 Å². The van der Waals surface area contributed by atoms with E-state index in [0.29, 0.717) is 0 Å². The van der Waals surface area contributed by atoms with Crippen LogP contribution in [0.5, 0.6) is 0 Å². The third-order valence-corrected chi connectivity index (χ3v) is 4.11. The molecule has 1 aromatic heterocycles. The van der Waals surface area contributed by atoms with Crippen LogP contribution in [-0.2, 0) is 0 Å². The van der Waals surface area contributed by atoms with Crippen molar-refractivity contribution < 1.29 is 0 Å². The summed E-state index contributed by atoms with van der Waals surface area (Å²) in [7, 11) is 0. The summed E-state index contributed by atoms with van der Waals surface area (Å²) in [6.45, 7) is 2.25. The zero-order chi connectivity index (χ0) is 14.9. The number of fused-ring (bicyclic) bond motifs is 1. The van der Waals surface area contributed by atoms with Gasteiger partial charge < -0.3 is 0 Å². The molecule has 0 saturated carbocycles. The summed E-state index contributed by atoms with van der Waals surface area (Å²) in [6, 6.07) is 10.6. The number of para-hydroxylation sites is 1.